The molecule has 0 saturated heterocycles. The quantitative estimate of drug-likeness (QED) is 0.302. The molecule has 6 aromatic rings. The maximum absolute atomic E-state index is 12.8. The Hall–Kier alpha value is -4.37. The molecule has 0 atom stereocenters. The summed E-state index contributed by atoms with van der Waals surface area (Å²) >= 11 is 1.40. The van der Waals surface area contributed by atoms with Gasteiger partial charge in [0.2, 0.25) is 0 Å². The summed E-state index contributed by atoms with van der Waals surface area (Å²) in [7, 11) is 0. The molecule has 0 N–H and O–H groups in total. The van der Waals surface area contributed by atoms with Gasteiger partial charge in [-0.15, -0.1) is 15.3 Å². The molecule has 0 aliphatic heterocycles. The number of pyridine rings is 1. The molecule has 0 fully saturated rings. The van der Waals surface area contributed by atoms with Gasteiger partial charge in [-0.1, -0.05) is 77.6 Å². The van der Waals surface area contributed by atoms with Gasteiger partial charge in [0.25, 0.3) is 5.56 Å². The Bertz CT molecular complexity index is 1760. The van der Waals surface area contributed by atoms with E-state index in [1.807, 2.05) is 48.5 Å². The molecule has 0 unspecified atom stereocenters. The smallest absolute Gasteiger partial charge is 0.278 e. The summed E-state index contributed by atoms with van der Waals surface area (Å²) in [5.41, 5.74) is 4.18. The summed E-state index contributed by atoms with van der Waals surface area (Å²) in [6, 6.07) is 27.4. The number of aromatic nitrogens is 7. The zero-order valence-corrected chi connectivity index (χ0v) is 20.3. The highest BCUT2D eigenvalue weighted by molar-refractivity contribution is 7.98. The monoisotopic (exact) mass is 491 g/mol. The summed E-state index contributed by atoms with van der Waals surface area (Å²) in [5.74, 6) is 1.04. The van der Waals surface area contributed by atoms with Crippen LogP contribution in [-0.4, -0.2) is 34.7 Å². The van der Waals surface area contributed by atoms with Gasteiger partial charge in [-0.2, -0.15) is 4.68 Å². The third kappa shape index (κ3) is 3.93. The maximum Gasteiger partial charge on any atom is 0.278 e. The van der Waals surface area contributed by atoms with Crippen LogP contribution in [-0.2, 0) is 12.4 Å². The molecule has 0 aliphatic carbocycles. The highest BCUT2D eigenvalue weighted by atomic mass is 32.2. The number of para-hydroxylation sites is 1. The van der Waals surface area contributed by atoms with Crippen molar-refractivity contribution >= 4 is 33.6 Å². The van der Waals surface area contributed by atoms with Gasteiger partial charge in [-0.3, -0.25) is 4.79 Å². The minimum atomic E-state index is -0.177. The van der Waals surface area contributed by atoms with Crippen LogP contribution < -0.4 is 5.56 Å². The molecule has 6 rings (SSSR count). The fraction of sp³-hybridized carbons (Fsp3) is 0.111. The van der Waals surface area contributed by atoms with Crippen LogP contribution in [0.3, 0.4) is 0 Å². The molecular weight excluding hydrogens is 470 g/mol. The van der Waals surface area contributed by atoms with Crippen LogP contribution in [0.15, 0.2) is 94.9 Å². The second kappa shape index (κ2) is 9.35. The van der Waals surface area contributed by atoms with Crippen LogP contribution in [0.25, 0.3) is 44.5 Å². The fourth-order valence-electron chi connectivity index (χ4n) is 4.22. The van der Waals surface area contributed by atoms with E-state index < -0.39 is 0 Å². The van der Waals surface area contributed by atoms with Gasteiger partial charge in [0.1, 0.15) is 5.52 Å². The highest BCUT2D eigenvalue weighted by Crippen LogP contribution is 2.33. The Balaban J connectivity index is 1.40. The van der Waals surface area contributed by atoms with Gasteiger partial charge in [0.15, 0.2) is 11.0 Å². The van der Waals surface area contributed by atoms with Crippen molar-refractivity contribution in [3.63, 3.8) is 0 Å². The van der Waals surface area contributed by atoms with Crippen molar-refractivity contribution in [2.45, 2.75) is 24.5 Å². The molecule has 0 bridgehead atoms. The Kier molecular flexibility index (Phi) is 5.74. The third-order valence-electron chi connectivity index (χ3n) is 6.00. The van der Waals surface area contributed by atoms with Crippen LogP contribution in [0.1, 0.15) is 6.92 Å². The fourth-order valence-corrected chi connectivity index (χ4v) is 5.10. The van der Waals surface area contributed by atoms with E-state index in [1.54, 1.807) is 12.1 Å². The first-order chi connectivity index (χ1) is 17.7. The van der Waals surface area contributed by atoms with E-state index in [1.165, 1.54) is 16.4 Å². The van der Waals surface area contributed by atoms with Crippen molar-refractivity contribution in [2.75, 3.05) is 0 Å². The second-order valence-electron chi connectivity index (χ2n) is 8.17. The second-order valence-corrected chi connectivity index (χ2v) is 9.09. The zero-order valence-electron chi connectivity index (χ0n) is 19.4. The van der Waals surface area contributed by atoms with E-state index in [9.17, 15) is 4.79 Å². The summed E-state index contributed by atoms with van der Waals surface area (Å²) in [4.78, 5) is 17.7. The van der Waals surface area contributed by atoms with Crippen molar-refractivity contribution in [3.05, 3.63) is 95.3 Å². The van der Waals surface area contributed by atoms with Gasteiger partial charge >= 0.3 is 0 Å². The van der Waals surface area contributed by atoms with Gasteiger partial charge in [-0.25, -0.2) is 4.98 Å². The summed E-state index contributed by atoms with van der Waals surface area (Å²) < 4.78 is 3.41. The van der Waals surface area contributed by atoms with Crippen LogP contribution in [0.5, 0.6) is 0 Å². The lowest BCUT2D eigenvalue weighted by Gasteiger charge is -2.12. The average Bonchev–Trinajstić information content (AvgIpc) is 3.35. The number of rotatable bonds is 6. The number of nitrogens with zero attached hydrogens (tertiary/aromatic N) is 7. The largest absolute Gasteiger partial charge is 0.302 e. The van der Waals surface area contributed by atoms with Gasteiger partial charge in [0.05, 0.1) is 22.5 Å². The van der Waals surface area contributed by atoms with E-state index in [2.05, 4.69) is 56.3 Å². The molecule has 3 aromatic heterocycles. The topological polar surface area (TPSA) is 91.4 Å². The molecule has 0 spiro atoms. The predicted molar refractivity (Wildman–Crippen MR) is 142 cm³/mol. The minimum Gasteiger partial charge on any atom is -0.302 e. The van der Waals surface area contributed by atoms with E-state index in [4.69, 9.17) is 4.98 Å². The lowest BCUT2D eigenvalue weighted by atomic mass is 10.0. The maximum atomic E-state index is 12.8. The minimum absolute atomic E-state index is 0.177. The summed E-state index contributed by atoms with van der Waals surface area (Å²) in [6.07, 6.45) is 0. The van der Waals surface area contributed by atoms with Crippen LogP contribution in [0.2, 0.25) is 0 Å². The number of hydrogen-bond donors (Lipinski definition) is 0. The molecular formula is C27H21N7OS. The number of fused-ring (bicyclic) bond motifs is 2. The third-order valence-corrected chi connectivity index (χ3v) is 6.94. The van der Waals surface area contributed by atoms with E-state index in [0.717, 1.165) is 33.5 Å². The van der Waals surface area contributed by atoms with Crippen molar-refractivity contribution < 1.29 is 0 Å². The lowest BCUT2D eigenvalue weighted by molar-refractivity contribution is 0.637. The zero-order chi connectivity index (χ0) is 24.5. The summed E-state index contributed by atoms with van der Waals surface area (Å²) in [5, 5.41) is 19.6. The average molecular weight is 492 g/mol. The Morgan fingerprint density at radius 1 is 0.806 bits per heavy atom. The van der Waals surface area contributed by atoms with Crippen LogP contribution in [0, 0.1) is 0 Å². The lowest BCUT2D eigenvalue weighted by Crippen LogP contribution is -2.23. The number of thioether (sulfide) groups is 1. The van der Waals surface area contributed by atoms with Crippen LogP contribution in [0.4, 0.5) is 0 Å². The highest BCUT2D eigenvalue weighted by Gasteiger charge is 2.18. The molecule has 3 heterocycles. The first-order valence-electron chi connectivity index (χ1n) is 11.6. The van der Waals surface area contributed by atoms with Crippen molar-refractivity contribution in [1.82, 2.24) is 34.7 Å². The van der Waals surface area contributed by atoms with Gasteiger partial charge in [-0.05, 0) is 31.2 Å². The van der Waals surface area contributed by atoms with Crippen LogP contribution >= 0.6 is 11.8 Å². The number of benzene rings is 3. The Morgan fingerprint density at radius 2 is 1.53 bits per heavy atom. The molecule has 0 radical (unpaired) electrons. The van der Waals surface area contributed by atoms with E-state index in [0.29, 0.717) is 22.6 Å². The SMILES string of the molecule is CCn1c(SCn2nnc3ccccc3c2=O)nnc1-c1cc(-c2ccccc2)nc2ccccc12. The molecule has 8 nitrogen and oxygen atoms in total. The van der Waals surface area contributed by atoms with Gasteiger partial charge in [0, 0.05) is 23.1 Å². The molecule has 0 aliphatic rings. The van der Waals surface area contributed by atoms with Crippen molar-refractivity contribution in [1.29, 1.82) is 0 Å². The first kappa shape index (κ1) is 22.1. The van der Waals surface area contributed by atoms with E-state index in [-0.39, 0.29) is 11.4 Å². The van der Waals surface area contributed by atoms with Gasteiger partial charge < -0.3 is 4.57 Å². The van der Waals surface area contributed by atoms with Crippen molar-refractivity contribution in [3.8, 4) is 22.6 Å². The normalized spacial score (nSPS) is 11.4. The Morgan fingerprint density at radius 3 is 2.33 bits per heavy atom. The van der Waals surface area contributed by atoms with Crippen molar-refractivity contribution in [2.24, 2.45) is 0 Å². The first-order valence-corrected chi connectivity index (χ1v) is 12.6. The van der Waals surface area contributed by atoms with E-state index >= 15 is 0 Å². The molecule has 9 heteroatoms. The molecule has 3 aromatic carbocycles. The number of hydrogen-bond acceptors (Lipinski definition) is 7. The molecule has 176 valence electrons. The Labute approximate surface area is 210 Å². The molecule has 36 heavy (non-hydrogen) atoms. The summed E-state index contributed by atoms with van der Waals surface area (Å²) in [6.45, 7) is 2.72. The standard InChI is InChI=1S/C27H21N7OS/c1-2-33-25(21-16-24(18-10-4-3-5-11-18)28-22-14-8-6-12-19(21)22)30-31-27(33)36-17-34-26(35)20-13-7-9-15-23(20)29-32-34/h3-16H,2,17H2,1H3. The molecule has 0 saturated carbocycles. The molecule has 0 amide bonds. The predicted octanol–water partition coefficient (Wildman–Crippen LogP) is 5.03.